The predicted molar refractivity (Wildman–Crippen MR) is 50.7 cm³/mol. The average Bonchev–Trinajstić information content (AvgIpc) is 2.04. The third-order valence-electron chi connectivity index (χ3n) is 1.26. The molecule has 0 saturated carbocycles. The summed E-state index contributed by atoms with van der Waals surface area (Å²) in [6.45, 7) is 0. The highest BCUT2D eigenvalue weighted by atomic mass is 79.9. The summed E-state index contributed by atoms with van der Waals surface area (Å²) in [5.41, 5.74) is 0. The first-order valence-electron chi connectivity index (χ1n) is 3.40. The van der Waals surface area contributed by atoms with Crippen LogP contribution in [0.5, 0.6) is 0 Å². The van der Waals surface area contributed by atoms with Crippen LogP contribution in [0.15, 0.2) is 47.2 Å². The quantitative estimate of drug-likeness (QED) is 0.623. The number of nitrogens with zero attached hydrogens (tertiary/aromatic N) is 1. The van der Waals surface area contributed by atoms with Gasteiger partial charge in [0.05, 0.1) is 0 Å². The first-order chi connectivity index (χ1) is 5.29. The lowest BCUT2D eigenvalue weighted by Crippen LogP contribution is -1.80. The highest BCUT2D eigenvalue weighted by Crippen LogP contribution is 2.03. The van der Waals surface area contributed by atoms with E-state index in [1.807, 2.05) is 54.3 Å². The molecule has 0 spiro atoms. The normalized spacial score (nSPS) is 8.91. The number of aryl methyl sites for hydroxylation is 1. The van der Waals surface area contributed by atoms with Gasteiger partial charge in [-0.15, -0.1) is 0 Å². The van der Waals surface area contributed by atoms with Crippen molar-refractivity contribution >= 4 is 15.9 Å². The van der Waals surface area contributed by atoms with Crippen molar-refractivity contribution in [1.29, 1.82) is 0 Å². The van der Waals surface area contributed by atoms with Crippen LogP contribution in [-0.2, 0) is 7.05 Å². The lowest BCUT2D eigenvalue weighted by Gasteiger charge is -1.86. The molecule has 0 fully saturated rings. The molecule has 0 aliphatic rings. The largest absolute Gasteiger partial charge is 0.357 e. The van der Waals surface area contributed by atoms with Gasteiger partial charge in [-0.05, 0) is 24.3 Å². The summed E-state index contributed by atoms with van der Waals surface area (Å²) >= 11 is 3.40. The molecule has 0 unspecified atom stereocenters. The Morgan fingerprint density at radius 3 is 2.55 bits per heavy atom. The molecule has 0 aliphatic carbocycles. The molecule has 2 heteroatoms. The smallest absolute Gasteiger partial charge is 0.0175 e. The van der Waals surface area contributed by atoms with Gasteiger partial charge in [-0.3, -0.25) is 0 Å². The minimum Gasteiger partial charge on any atom is -0.357 e. The molecule has 11 heavy (non-hydrogen) atoms. The number of hydrogen-bond acceptors (Lipinski definition) is 0. The van der Waals surface area contributed by atoms with Crippen LogP contribution >= 0.6 is 15.9 Å². The highest BCUT2D eigenvalue weighted by molar-refractivity contribution is 9.10. The summed E-state index contributed by atoms with van der Waals surface area (Å²) in [6.07, 6.45) is 3.98. The van der Waals surface area contributed by atoms with Gasteiger partial charge in [0, 0.05) is 23.9 Å². The van der Waals surface area contributed by atoms with Crippen LogP contribution in [0, 0.1) is 0 Å². The summed E-state index contributed by atoms with van der Waals surface area (Å²) in [4.78, 5) is 0. The number of halogens is 1. The van der Waals surface area contributed by atoms with Crippen LogP contribution in [0.3, 0.4) is 0 Å². The van der Waals surface area contributed by atoms with E-state index < -0.39 is 0 Å². The fourth-order valence-corrected chi connectivity index (χ4v) is 1.01. The summed E-state index contributed by atoms with van der Waals surface area (Å²) < 4.78 is 3.07. The van der Waals surface area contributed by atoms with Gasteiger partial charge in [-0.2, -0.15) is 0 Å². The van der Waals surface area contributed by atoms with Crippen molar-refractivity contribution in [3.8, 4) is 0 Å². The zero-order valence-electron chi connectivity index (χ0n) is 6.37. The van der Waals surface area contributed by atoms with E-state index in [0.29, 0.717) is 0 Å². The van der Waals surface area contributed by atoms with E-state index in [1.54, 1.807) is 0 Å². The molecule has 0 atom stereocenters. The minimum absolute atomic E-state index is 1.08. The number of aromatic nitrogens is 1. The SMILES string of the molecule is Cn1ccccc(Br)ccc1. The van der Waals surface area contributed by atoms with Gasteiger partial charge >= 0.3 is 0 Å². The molecule has 1 heterocycles. The first kappa shape index (κ1) is 8.34. The molecule has 0 aromatic carbocycles. The van der Waals surface area contributed by atoms with Gasteiger partial charge in [-0.25, -0.2) is 0 Å². The van der Waals surface area contributed by atoms with Crippen LogP contribution in [0.1, 0.15) is 0 Å². The second kappa shape index (κ2) is 4.19. The molecule has 1 aromatic heterocycles. The summed E-state index contributed by atoms with van der Waals surface area (Å²) in [6, 6.07) is 9.97. The second-order valence-electron chi connectivity index (χ2n) is 2.26. The molecule has 0 amide bonds. The van der Waals surface area contributed by atoms with Crippen molar-refractivity contribution in [2.24, 2.45) is 7.05 Å². The van der Waals surface area contributed by atoms with E-state index in [0.717, 1.165) is 4.47 Å². The fraction of sp³-hybridized carbons (Fsp3) is 0.111. The lowest BCUT2D eigenvalue weighted by molar-refractivity contribution is 0.911. The van der Waals surface area contributed by atoms with Crippen LogP contribution in [0.4, 0.5) is 0 Å². The van der Waals surface area contributed by atoms with Crippen molar-refractivity contribution in [2.45, 2.75) is 0 Å². The molecule has 0 bridgehead atoms. The Balaban J connectivity index is 3.21. The third-order valence-corrected chi connectivity index (χ3v) is 1.79. The number of hydrogen-bond donors (Lipinski definition) is 0. The van der Waals surface area contributed by atoms with Gasteiger partial charge in [0.25, 0.3) is 0 Å². The van der Waals surface area contributed by atoms with E-state index in [1.165, 1.54) is 0 Å². The maximum atomic E-state index is 3.40. The summed E-state index contributed by atoms with van der Waals surface area (Å²) in [5, 5.41) is 0. The van der Waals surface area contributed by atoms with Crippen LogP contribution in [0.2, 0.25) is 0 Å². The van der Waals surface area contributed by atoms with Gasteiger partial charge in [0.1, 0.15) is 0 Å². The molecule has 1 rings (SSSR count). The summed E-state index contributed by atoms with van der Waals surface area (Å²) in [7, 11) is 1.99. The van der Waals surface area contributed by atoms with E-state index in [-0.39, 0.29) is 0 Å². The zero-order chi connectivity index (χ0) is 8.10. The Bertz CT molecular complexity index is 250. The monoisotopic (exact) mass is 211 g/mol. The second-order valence-corrected chi connectivity index (χ2v) is 3.17. The maximum Gasteiger partial charge on any atom is 0.0175 e. The van der Waals surface area contributed by atoms with Gasteiger partial charge in [-0.1, -0.05) is 22.0 Å². The van der Waals surface area contributed by atoms with E-state index in [4.69, 9.17) is 0 Å². The lowest BCUT2D eigenvalue weighted by atomic mass is 10.5. The van der Waals surface area contributed by atoms with Gasteiger partial charge in [0.15, 0.2) is 0 Å². The van der Waals surface area contributed by atoms with Crippen LogP contribution in [0.25, 0.3) is 0 Å². The fourth-order valence-electron chi connectivity index (χ4n) is 0.709. The predicted octanol–water partition coefficient (Wildman–Crippen LogP) is 2.91. The molecule has 58 valence electrons. The van der Waals surface area contributed by atoms with Gasteiger partial charge < -0.3 is 4.57 Å². The van der Waals surface area contributed by atoms with E-state index in [9.17, 15) is 0 Å². The van der Waals surface area contributed by atoms with Crippen molar-refractivity contribution < 1.29 is 0 Å². The van der Waals surface area contributed by atoms with Crippen molar-refractivity contribution in [3.05, 3.63) is 47.2 Å². The Labute approximate surface area is 75.1 Å². The van der Waals surface area contributed by atoms with E-state index >= 15 is 0 Å². The maximum absolute atomic E-state index is 3.40. The molecular weight excluding hydrogens is 202 g/mol. The van der Waals surface area contributed by atoms with E-state index in [2.05, 4.69) is 15.9 Å². The molecule has 1 aromatic rings. The molecule has 0 radical (unpaired) electrons. The average molecular weight is 212 g/mol. The molecule has 1 nitrogen and oxygen atoms in total. The minimum atomic E-state index is 1.08. The topological polar surface area (TPSA) is 4.93 Å². The molecule has 0 N–H and O–H groups in total. The third kappa shape index (κ3) is 3.23. The standard InChI is InChI=1S/C9H10BrN/c1-11-7-3-2-5-9(10)6-4-8-11/h2-8H,1H3. The van der Waals surface area contributed by atoms with Crippen molar-refractivity contribution in [2.75, 3.05) is 0 Å². The van der Waals surface area contributed by atoms with Crippen molar-refractivity contribution in [3.63, 3.8) is 0 Å². The first-order valence-corrected chi connectivity index (χ1v) is 4.19. The Morgan fingerprint density at radius 2 is 1.73 bits per heavy atom. The number of rotatable bonds is 0. The van der Waals surface area contributed by atoms with Crippen LogP contribution in [-0.4, -0.2) is 4.57 Å². The zero-order valence-corrected chi connectivity index (χ0v) is 7.95. The van der Waals surface area contributed by atoms with Crippen LogP contribution < -0.4 is 0 Å². The Kier molecular flexibility index (Phi) is 3.17. The highest BCUT2D eigenvalue weighted by Gasteiger charge is 1.74. The Morgan fingerprint density at radius 1 is 1.09 bits per heavy atom. The van der Waals surface area contributed by atoms with Gasteiger partial charge in [0.2, 0.25) is 0 Å². The Hall–Kier alpha value is -0.760. The molecule has 0 saturated heterocycles. The molecule has 0 aliphatic heterocycles. The van der Waals surface area contributed by atoms with Crippen molar-refractivity contribution in [1.82, 2.24) is 4.57 Å². The molecular formula is C9H10BrN. The summed E-state index contributed by atoms with van der Waals surface area (Å²) in [5.74, 6) is 0.